The molecule has 208 valence electrons. The van der Waals surface area contributed by atoms with Crippen LogP contribution in [0.2, 0.25) is 0 Å². The first-order valence-electron chi connectivity index (χ1n) is 15.0. The third kappa shape index (κ3) is 18.8. The molecule has 0 rings (SSSR count). The molecular weight excluding hydrogens is 438 g/mol. The van der Waals surface area contributed by atoms with E-state index in [4.69, 9.17) is 9.47 Å². The fourth-order valence-corrected chi connectivity index (χ4v) is 4.23. The van der Waals surface area contributed by atoms with Gasteiger partial charge in [0.2, 0.25) is 12.5 Å². The molecule has 0 spiro atoms. The normalized spacial score (nSPS) is 13.4. The fourth-order valence-electron chi connectivity index (χ4n) is 4.23. The largest absolute Gasteiger partial charge is 0.413 e. The van der Waals surface area contributed by atoms with Crippen molar-refractivity contribution in [1.82, 2.24) is 0 Å². The molecule has 2 unspecified atom stereocenters. The van der Waals surface area contributed by atoms with Crippen LogP contribution >= 0.6 is 0 Å². The Morgan fingerprint density at radius 2 is 0.771 bits per heavy atom. The number of rotatable bonds is 24. The number of esters is 2. The van der Waals surface area contributed by atoms with Gasteiger partial charge in [0.25, 0.3) is 0 Å². The molecule has 0 saturated heterocycles. The van der Waals surface area contributed by atoms with Gasteiger partial charge in [0, 0.05) is 26.7 Å². The van der Waals surface area contributed by atoms with Crippen LogP contribution in [0.15, 0.2) is 0 Å². The van der Waals surface area contributed by atoms with Gasteiger partial charge < -0.3 is 9.47 Å². The first-order chi connectivity index (χ1) is 16.8. The van der Waals surface area contributed by atoms with Crippen LogP contribution < -0.4 is 0 Å². The Morgan fingerprint density at radius 1 is 0.514 bits per heavy atom. The standard InChI is InChI=1S/C30H60NO4/c1-7-9-11-13-15-17-19-21-23-25-29(32)34-27(3)31(5,6)28(4)35-30(33)26-24-22-20-18-16-14-12-10-8-2/h27-28H,7-26H2,1-6H3/q+1. The molecular formula is C30H60NO4+. The van der Waals surface area contributed by atoms with E-state index in [1.165, 1.54) is 89.9 Å². The molecule has 0 saturated carbocycles. The molecule has 2 atom stereocenters. The van der Waals surface area contributed by atoms with Crippen molar-refractivity contribution in [3.63, 3.8) is 0 Å². The molecule has 0 amide bonds. The van der Waals surface area contributed by atoms with E-state index < -0.39 is 0 Å². The minimum atomic E-state index is -0.364. The van der Waals surface area contributed by atoms with Crippen molar-refractivity contribution in [3.05, 3.63) is 0 Å². The van der Waals surface area contributed by atoms with E-state index in [0.717, 1.165) is 25.7 Å². The predicted molar refractivity (Wildman–Crippen MR) is 147 cm³/mol. The molecule has 5 heteroatoms. The minimum Gasteiger partial charge on any atom is -0.413 e. The zero-order chi connectivity index (χ0) is 26.4. The Labute approximate surface area is 218 Å². The van der Waals surface area contributed by atoms with Gasteiger partial charge in [-0.25, -0.2) is 0 Å². The van der Waals surface area contributed by atoms with Gasteiger partial charge in [-0.3, -0.25) is 14.1 Å². The lowest BCUT2D eigenvalue weighted by atomic mass is 10.1. The van der Waals surface area contributed by atoms with E-state index in [0.29, 0.717) is 17.3 Å². The average Bonchev–Trinajstić information content (AvgIpc) is 2.81. The first-order valence-corrected chi connectivity index (χ1v) is 15.0. The van der Waals surface area contributed by atoms with Crippen molar-refractivity contribution in [2.24, 2.45) is 0 Å². The van der Waals surface area contributed by atoms with Crippen LogP contribution in [0.5, 0.6) is 0 Å². The highest BCUT2D eigenvalue weighted by atomic mass is 16.6. The molecule has 0 aromatic rings. The van der Waals surface area contributed by atoms with Crippen LogP contribution in [0.3, 0.4) is 0 Å². The van der Waals surface area contributed by atoms with E-state index in [2.05, 4.69) is 13.8 Å². The highest BCUT2D eigenvalue weighted by Gasteiger charge is 2.35. The minimum absolute atomic E-state index is 0.153. The third-order valence-corrected chi connectivity index (χ3v) is 7.45. The predicted octanol–water partition coefficient (Wildman–Crippen LogP) is 8.68. The number of unbranched alkanes of at least 4 members (excludes halogenated alkanes) is 16. The lowest BCUT2D eigenvalue weighted by Gasteiger charge is -2.39. The highest BCUT2D eigenvalue weighted by Crippen LogP contribution is 2.18. The average molecular weight is 499 g/mol. The van der Waals surface area contributed by atoms with Crippen molar-refractivity contribution in [3.8, 4) is 0 Å². The Hall–Kier alpha value is -1.10. The second-order valence-electron chi connectivity index (χ2n) is 11.0. The quantitative estimate of drug-likeness (QED) is 0.0578. The molecule has 0 aromatic carbocycles. The second kappa shape index (κ2) is 22.1. The molecule has 0 aliphatic heterocycles. The summed E-state index contributed by atoms with van der Waals surface area (Å²) < 4.78 is 11.7. The third-order valence-electron chi connectivity index (χ3n) is 7.45. The smallest absolute Gasteiger partial charge is 0.310 e. The summed E-state index contributed by atoms with van der Waals surface area (Å²) in [5.74, 6) is -0.306. The van der Waals surface area contributed by atoms with E-state index in [1.807, 2.05) is 27.9 Å². The second-order valence-corrected chi connectivity index (χ2v) is 11.0. The maximum absolute atomic E-state index is 12.3. The van der Waals surface area contributed by atoms with Crippen LogP contribution in [0.4, 0.5) is 0 Å². The number of carbonyl (C=O) groups excluding carboxylic acids is 2. The topological polar surface area (TPSA) is 52.6 Å². The van der Waals surface area contributed by atoms with Gasteiger partial charge in [-0.1, -0.05) is 117 Å². The van der Waals surface area contributed by atoms with Crippen LogP contribution in [-0.4, -0.2) is 43.0 Å². The van der Waals surface area contributed by atoms with Crippen molar-refractivity contribution >= 4 is 11.9 Å². The Bertz CT molecular complexity index is 476. The van der Waals surface area contributed by atoms with Crippen molar-refractivity contribution in [2.45, 2.75) is 169 Å². The first kappa shape index (κ1) is 33.9. The fraction of sp³-hybridized carbons (Fsp3) is 0.933. The number of quaternary nitrogens is 1. The van der Waals surface area contributed by atoms with Crippen molar-refractivity contribution in [1.29, 1.82) is 0 Å². The number of nitrogens with zero attached hydrogens (tertiary/aromatic N) is 1. The highest BCUT2D eigenvalue weighted by molar-refractivity contribution is 5.69. The van der Waals surface area contributed by atoms with E-state index >= 15 is 0 Å². The summed E-state index contributed by atoms with van der Waals surface area (Å²) >= 11 is 0. The van der Waals surface area contributed by atoms with Crippen LogP contribution in [0, 0.1) is 0 Å². The molecule has 0 aromatic heterocycles. The lowest BCUT2D eigenvalue weighted by molar-refractivity contribution is -0.971. The molecule has 0 radical (unpaired) electrons. The monoisotopic (exact) mass is 498 g/mol. The molecule has 0 heterocycles. The summed E-state index contributed by atoms with van der Waals surface area (Å²) in [6, 6.07) is 0. The summed E-state index contributed by atoms with van der Waals surface area (Å²) in [4.78, 5) is 24.6. The summed E-state index contributed by atoms with van der Waals surface area (Å²) in [6.07, 6.45) is 22.3. The van der Waals surface area contributed by atoms with Gasteiger partial charge in [0.05, 0.1) is 14.1 Å². The molecule has 5 nitrogen and oxygen atoms in total. The van der Waals surface area contributed by atoms with Crippen LogP contribution in [-0.2, 0) is 19.1 Å². The van der Waals surface area contributed by atoms with Gasteiger partial charge in [0.1, 0.15) is 0 Å². The van der Waals surface area contributed by atoms with Crippen molar-refractivity contribution in [2.75, 3.05) is 14.1 Å². The number of hydrogen-bond donors (Lipinski definition) is 0. The van der Waals surface area contributed by atoms with Gasteiger partial charge in [0.15, 0.2) is 0 Å². The Kier molecular flexibility index (Phi) is 21.4. The van der Waals surface area contributed by atoms with Gasteiger partial charge in [-0.15, -0.1) is 0 Å². The van der Waals surface area contributed by atoms with Crippen LogP contribution in [0.25, 0.3) is 0 Å². The number of ether oxygens (including phenoxy) is 2. The Morgan fingerprint density at radius 3 is 1.06 bits per heavy atom. The van der Waals surface area contributed by atoms with Gasteiger partial charge in [-0.2, -0.15) is 0 Å². The summed E-state index contributed by atoms with van der Waals surface area (Å²) in [7, 11) is 3.90. The molecule has 0 aliphatic carbocycles. The number of hydrogen-bond acceptors (Lipinski definition) is 4. The number of carbonyl (C=O) groups is 2. The van der Waals surface area contributed by atoms with Crippen molar-refractivity contribution < 1.29 is 23.5 Å². The van der Waals surface area contributed by atoms with E-state index in [1.54, 1.807) is 0 Å². The van der Waals surface area contributed by atoms with E-state index in [-0.39, 0.29) is 24.4 Å². The summed E-state index contributed by atoms with van der Waals surface area (Å²) in [5, 5.41) is 0. The summed E-state index contributed by atoms with van der Waals surface area (Å²) in [6.45, 7) is 8.26. The molecule has 35 heavy (non-hydrogen) atoms. The molecule has 0 aliphatic rings. The molecule has 0 bridgehead atoms. The molecule has 0 N–H and O–H groups in total. The Balaban J connectivity index is 3.97. The molecule has 0 fully saturated rings. The SMILES string of the molecule is CCCCCCCCCCCC(=O)OC(C)[N+](C)(C)C(C)OC(=O)CCCCCCCCCCC. The summed E-state index contributed by atoms with van der Waals surface area (Å²) in [5.41, 5.74) is 0. The van der Waals surface area contributed by atoms with Gasteiger partial charge in [-0.05, 0) is 12.8 Å². The zero-order valence-electron chi connectivity index (χ0n) is 24.4. The van der Waals surface area contributed by atoms with E-state index in [9.17, 15) is 9.59 Å². The maximum atomic E-state index is 12.3. The maximum Gasteiger partial charge on any atom is 0.310 e. The zero-order valence-corrected chi connectivity index (χ0v) is 24.4. The lowest BCUT2D eigenvalue weighted by Crippen LogP contribution is -2.56. The van der Waals surface area contributed by atoms with Crippen LogP contribution in [0.1, 0.15) is 156 Å². The van der Waals surface area contributed by atoms with Gasteiger partial charge >= 0.3 is 11.9 Å².